The van der Waals surface area contributed by atoms with Gasteiger partial charge in [0.15, 0.2) is 22.5 Å². The number of fused-ring (bicyclic) bond motifs is 1. The number of nitrogens with zero attached hydrogens (tertiary/aromatic N) is 3. The van der Waals surface area contributed by atoms with Crippen molar-refractivity contribution in [3.63, 3.8) is 0 Å². The van der Waals surface area contributed by atoms with Gasteiger partial charge in [-0.2, -0.15) is 0 Å². The Balaban J connectivity index is 1.52. The van der Waals surface area contributed by atoms with Gasteiger partial charge in [-0.05, 0) is 48.7 Å². The largest absolute Gasteiger partial charge is 0.508 e. The lowest BCUT2D eigenvalue weighted by atomic mass is 9.95. The van der Waals surface area contributed by atoms with E-state index in [1.165, 1.54) is 31.4 Å². The molecule has 0 atom stereocenters. The molecule has 0 saturated heterocycles. The van der Waals surface area contributed by atoms with Gasteiger partial charge in [0, 0.05) is 34.9 Å². The maximum Gasteiger partial charge on any atom is 0.336 e. The topological polar surface area (TPSA) is 99.6 Å². The van der Waals surface area contributed by atoms with Crippen molar-refractivity contribution in [2.45, 2.75) is 49.1 Å². The first-order valence-corrected chi connectivity index (χ1v) is 12.6. The molecule has 182 valence electrons. The average molecular weight is 494 g/mol. The van der Waals surface area contributed by atoms with Gasteiger partial charge in [-0.15, -0.1) is 10.2 Å². The quantitative estimate of drug-likeness (QED) is 0.263. The van der Waals surface area contributed by atoms with Gasteiger partial charge in [0.1, 0.15) is 11.3 Å². The average Bonchev–Trinajstić information content (AvgIpc) is 3.31. The molecule has 5 rings (SSSR count). The Morgan fingerprint density at radius 2 is 1.83 bits per heavy atom. The fourth-order valence-corrected chi connectivity index (χ4v) is 5.69. The zero-order chi connectivity index (χ0) is 24.4. The normalized spacial score (nSPS) is 14.3. The molecule has 2 aromatic heterocycles. The van der Waals surface area contributed by atoms with Crippen molar-refractivity contribution in [1.82, 2.24) is 14.8 Å². The van der Waals surface area contributed by atoms with Crippen LogP contribution in [0.2, 0.25) is 0 Å². The molecular weight excluding hydrogens is 466 g/mol. The van der Waals surface area contributed by atoms with Crippen molar-refractivity contribution >= 4 is 22.7 Å². The van der Waals surface area contributed by atoms with Gasteiger partial charge in [-0.25, -0.2) is 4.79 Å². The maximum absolute atomic E-state index is 12.1. The Bertz CT molecular complexity index is 1410. The number of hydrogen-bond acceptors (Lipinski definition) is 8. The van der Waals surface area contributed by atoms with Gasteiger partial charge in [0.25, 0.3) is 0 Å². The van der Waals surface area contributed by atoms with E-state index in [0.717, 1.165) is 40.3 Å². The summed E-state index contributed by atoms with van der Waals surface area (Å²) in [5.41, 5.74) is 1.66. The zero-order valence-electron chi connectivity index (χ0n) is 19.7. The van der Waals surface area contributed by atoms with E-state index in [1.807, 2.05) is 18.2 Å². The molecule has 4 aromatic rings. The number of methoxy groups -OCH3 is 2. The molecule has 0 radical (unpaired) electrons. The van der Waals surface area contributed by atoms with Crippen LogP contribution in [0.1, 0.15) is 43.7 Å². The first-order valence-electron chi connectivity index (χ1n) is 11.6. The van der Waals surface area contributed by atoms with E-state index in [2.05, 4.69) is 14.8 Å². The highest BCUT2D eigenvalue weighted by atomic mass is 32.2. The van der Waals surface area contributed by atoms with Gasteiger partial charge in [-0.3, -0.25) is 4.57 Å². The minimum Gasteiger partial charge on any atom is -0.508 e. The maximum atomic E-state index is 12.1. The Labute approximate surface area is 206 Å². The standard InChI is InChI=1S/C26H27N3O5S/c1-32-21-11-8-16(12-23(21)33-2)25-27-28-26(29(25)18-6-4-3-5-7-18)35-15-17-13-24(31)34-22-14-19(30)9-10-20(17)22/h8-14,18,30H,3-7,15H2,1-2H3. The van der Waals surface area contributed by atoms with Crippen LogP contribution in [0.25, 0.3) is 22.4 Å². The summed E-state index contributed by atoms with van der Waals surface area (Å²) in [6.45, 7) is 0. The van der Waals surface area contributed by atoms with Crippen LogP contribution in [-0.2, 0) is 5.75 Å². The van der Waals surface area contributed by atoms with Crippen LogP contribution in [0.15, 0.2) is 56.8 Å². The molecule has 9 heteroatoms. The molecule has 0 spiro atoms. The number of phenolic OH excluding ortho intramolecular Hbond substituents is 1. The number of rotatable bonds is 7. The van der Waals surface area contributed by atoms with E-state index < -0.39 is 5.63 Å². The Kier molecular flexibility index (Phi) is 6.68. The van der Waals surface area contributed by atoms with Crippen LogP contribution < -0.4 is 15.1 Å². The van der Waals surface area contributed by atoms with E-state index in [-0.39, 0.29) is 5.75 Å². The summed E-state index contributed by atoms with van der Waals surface area (Å²) in [4.78, 5) is 12.1. The highest BCUT2D eigenvalue weighted by molar-refractivity contribution is 7.98. The number of hydrogen-bond donors (Lipinski definition) is 1. The predicted molar refractivity (Wildman–Crippen MR) is 134 cm³/mol. The second kappa shape index (κ2) is 10.0. The third kappa shape index (κ3) is 4.73. The van der Waals surface area contributed by atoms with Crippen molar-refractivity contribution in [3.8, 4) is 28.6 Å². The second-order valence-corrected chi connectivity index (χ2v) is 9.54. The van der Waals surface area contributed by atoms with E-state index in [0.29, 0.717) is 28.9 Å². The van der Waals surface area contributed by atoms with Crippen LogP contribution >= 0.6 is 11.8 Å². The van der Waals surface area contributed by atoms with Crippen molar-refractivity contribution in [2.24, 2.45) is 0 Å². The lowest BCUT2D eigenvalue weighted by Crippen LogP contribution is -2.15. The molecule has 35 heavy (non-hydrogen) atoms. The molecule has 1 N–H and O–H groups in total. The monoisotopic (exact) mass is 493 g/mol. The fourth-order valence-electron chi connectivity index (χ4n) is 4.70. The highest BCUT2D eigenvalue weighted by Gasteiger charge is 2.25. The third-order valence-electron chi connectivity index (χ3n) is 6.42. The summed E-state index contributed by atoms with van der Waals surface area (Å²) in [6, 6.07) is 12.4. The molecule has 1 aliphatic carbocycles. The summed E-state index contributed by atoms with van der Waals surface area (Å²) < 4.78 is 18.4. The predicted octanol–water partition coefficient (Wildman–Crippen LogP) is 5.57. The number of aromatic nitrogens is 3. The van der Waals surface area contributed by atoms with Gasteiger partial charge in [-0.1, -0.05) is 31.0 Å². The summed E-state index contributed by atoms with van der Waals surface area (Å²) in [7, 11) is 3.24. The molecule has 2 heterocycles. The second-order valence-electron chi connectivity index (χ2n) is 8.60. The minimum atomic E-state index is -0.446. The van der Waals surface area contributed by atoms with E-state index in [4.69, 9.17) is 13.9 Å². The van der Waals surface area contributed by atoms with Crippen LogP contribution in [0, 0.1) is 0 Å². The van der Waals surface area contributed by atoms with Crippen LogP contribution in [0.4, 0.5) is 0 Å². The number of thioether (sulfide) groups is 1. The first-order chi connectivity index (χ1) is 17.1. The van der Waals surface area contributed by atoms with Crippen LogP contribution in [-0.4, -0.2) is 34.1 Å². The molecule has 8 nitrogen and oxygen atoms in total. The SMILES string of the molecule is COc1ccc(-c2nnc(SCc3cc(=O)oc4cc(O)ccc34)n2C2CCCCC2)cc1OC. The Hall–Kier alpha value is -3.46. The summed E-state index contributed by atoms with van der Waals surface area (Å²) >= 11 is 1.55. The van der Waals surface area contributed by atoms with Gasteiger partial charge in [0.2, 0.25) is 0 Å². The molecule has 0 unspecified atom stereocenters. The molecule has 1 fully saturated rings. The summed E-state index contributed by atoms with van der Waals surface area (Å²) in [5.74, 6) is 2.67. The molecule has 0 bridgehead atoms. The Morgan fingerprint density at radius 1 is 1.03 bits per heavy atom. The number of ether oxygens (including phenoxy) is 2. The van der Waals surface area contributed by atoms with Gasteiger partial charge < -0.3 is 19.0 Å². The molecule has 1 aliphatic rings. The number of phenols is 1. The molecule has 0 aliphatic heterocycles. The van der Waals surface area contributed by atoms with Crippen molar-refractivity contribution in [1.29, 1.82) is 0 Å². The van der Waals surface area contributed by atoms with E-state index in [1.54, 1.807) is 38.1 Å². The lowest BCUT2D eigenvalue weighted by Gasteiger charge is -2.25. The molecule has 2 aromatic carbocycles. The summed E-state index contributed by atoms with van der Waals surface area (Å²) in [6.07, 6.45) is 5.73. The lowest BCUT2D eigenvalue weighted by molar-refractivity contribution is 0.339. The number of benzene rings is 2. The third-order valence-corrected chi connectivity index (χ3v) is 7.41. The van der Waals surface area contributed by atoms with E-state index in [9.17, 15) is 9.90 Å². The van der Waals surface area contributed by atoms with Crippen LogP contribution in [0.5, 0.6) is 17.2 Å². The fraction of sp³-hybridized carbons (Fsp3) is 0.346. The first kappa shape index (κ1) is 23.3. The van der Waals surface area contributed by atoms with Crippen molar-refractivity contribution < 1.29 is 19.0 Å². The molecule has 1 saturated carbocycles. The smallest absolute Gasteiger partial charge is 0.336 e. The zero-order valence-corrected chi connectivity index (χ0v) is 20.5. The Morgan fingerprint density at radius 3 is 2.60 bits per heavy atom. The van der Waals surface area contributed by atoms with Gasteiger partial charge >= 0.3 is 5.63 Å². The summed E-state index contributed by atoms with van der Waals surface area (Å²) in [5, 5.41) is 20.5. The molecule has 0 amide bonds. The van der Waals surface area contributed by atoms with Crippen LogP contribution in [0.3, 0.4) is 0 Å². The van der Waals surface area contributed by atoms with Gasteiger partial charge in [0.05, 0.1) is 14.2 Å². The van der Waals surface area contributed by atoms with Crippen molar-refractivity contribution in [2.75, 3.05) is 14.2 Å². The van der Waals surface area contributed by atoms with E-state index >= 15 is 0 Å². The number of aromatic hydroxyl groups is 1. The minimum absolute atomic E-state index is 0.0575. The van der Waals surface area contributed by atoms with Crippen molar-refractivity contribution in [3.05, 3.63) is 58.4 Å². The molecular formula is C26H27N3O5S. The highest BCUT2D eigenvalue weighted by Crippen LogP contribution is 2.39.